The van der Waals surface area contributed by atoms with Crippen LogP contribution in [0.25, 0.3) is 0 Å². The number of halogens is 2. The summed E-state index contributed by atoms with van der Waals surface area (Å²) in [7, 11) is 0. The lowest BCUT2D eigenvalue weighted by Crippen LogP contribution is -2.21. The maximum absolute atomic E-state index is 11.4. The molecule has 0 aliphatic rings. The largest absolute Gasteiger partial charge is 0.464 e. The van der Waals surface area contributed by atoms with Gasteiger partial charge in [-0.1, -0.05) is 39.7 Å². The zero-order valence-corrected chi connectivity index (χ0v) is 14.4. The van der Waals surface area contributed by atoms with Gasteiger partial charge in [-0.3, -0.25) is 4.79 Å². The van der Waals surface area contributed by atoms with E-state index in [1.807, 2.05) is 0 Å². The van der Waals surface area contributed by atoms with Crippen molar-refractivity contribution in [3.05, 3.63) is 63.1 Å². The van der Waals surface area contributed by atoms with E-state index >= 15 is 0 Å². The Bertz CT molecular complexity index is 711. The van der Waals surface area contributed by atoms with Gasteiger partial charge in [0.15, 0.2) is 6.29 Å². The number of rotatable bonds is 5. The Labute approximate surface area is 145 Å². The van der Waals surface area contributed by atoms with Crippen LogP contribution in [0.5, 0.6) is 0 Å². The molecule has 0 aliphatic heterocycles. The Kier molecular flexibility index (Phi) is 5.88. The van der Waals surface area contributed by atoms with E-state index < -0.39 is 6.09 Å². The second kappa shape index (κ2) is 7.67. The second-order valence-electron chi connectivity index (χ2n) is 4.34. The molecule has 0 aliphatic carbocycles. The van der Waals surface area contributed by atoms with Gasteiger partial charge in [0.25, 0.3) is 0 Å². The van der Waals surface area contributed by atoms with Crippen molar-refractivity contribution < 1.29 is 14.7 Å². The highest BCUT2D eigenvalue weighted by atomic mass is 79.9. The summed E-state index contributed by atoms with van der Waals surface area (Å²) in [5.74, 6) is 0. The summed E-state index contributed by atoms with van der Waals surface area (Å²) < 4.78 is 1.93. The molecule has 0 unspecified atom stereocenters. The third-order valence-electron chi connectivity index (χ3n) is 2.74. The molecule has 0 saturated carbocycles. The molecule has 2 rings (SSSR count). The third-order valence-corrected chi connectivity index (χ3v) is 4.52. The highest BCUT2D eigenvalue weighted by Crippen LogP contribution is 2.30. The summed E-state index contributed by atoms with van der Waals surface area (Å²) in [4.78, 5) is 23.1. The lowest BCUT2D eigenvalue weighted by atomic mass is 10.2. The summed E-state index contributed by atoms with van der Waals surface area (Å²) in [6.45, 7) is 0.158. The van der Waals surface area contributed by atoms with Gasteiger partial charge >= 0.3 is 6.09 Å². The Morgan fingerprint density at radius 2 is 2.09 bits per heavy atom. The molecular formula is C15H11BrClNO3S. The van der Waals surface area contributed by atoms with E-state index in [1.165, 1.54) is 0 Å². The molecule has 0 bridgehead atoms. The monoisotopic (exact) mass is 399 g/mol. The predicted octanol–water partition coefficient (Wildman–Crippen LogP) is 5.10. The summed E-state index contributed by atoms with van der Waals surface area (Å²) in [6, 6.07) is 12.1. The lowest BCUT2D eigenvalue weighted by Gasteiger charge is -2.19. The maximum atomic E-state index is 11.4. The summed E-state index contributed by atoms with van der Waals surface area (Å²) in [6.07, 6.45) is -0.393. The van der Waals surface area contributed by atoms with Crippen LogP contribution in [0.3, 0.4) is 0 Å². The Morgan fingerprint density at radius 3 is 2.73 bits per heavy atom. The number of carbonyl (C=O) groups is 2. The first-order valence-electron chi connectivity index (χ1n) is 6.17. The van der Waals surface area contributed by atoms with Gasteiger partial charge in [-0.15, -0.1) is 0 Å². The van der Waals surface area contributed by atoms with Gasteiger partial charge in [0, 0.05) is 20.0 Å². The van der Waals surface area contributed by atoms with Crippen molar-refractivity contribution in [1.82, 2.24) is 4.31 Å². The standard InChI is InChI=1S/C15H11BrClNO3S/c16-12-5-4-11(9-19)14(7-12)22-18(15(20)21)8-10-2-1-3-13(17)6-10/h1-7,9H,8H2,(H,20,21). The van der Waals surface area contributed by atoms with Crippen molar-refractivity contribution in [2.75, 3.05) is 0 Å². The number of amides is 1. The molecule has 4 nitrogen and oxygen atoms in total. The number of carboxylic acid groups (broad SMARTS) is 1. The molecule has 0 saturated heterocycles. The van der Waals surface area contributed by atoms with Crippen molar-refractivity contribution in [1.29, 1.82) is 0 Å². The number of benzene rings is 2. The predicted molar refractivity (Wildman–Crippen MR) is 90.4 cm³/mol. The Morgan fingerprint density at radius 1 is 1.32 bits per heavy atom. The molecule has 0 fully saturated rings. The van der Waals surface area contributed by atoms with Crippen LogP contribution in [0.4, 0.5) is 4.79 Å². The Hall–Kier alpha value is -1.50. The molecule has 2 aromatic carbocycles. The van der Waals surface area contributed by atoms with Crippen LogP contribution < -0.4 is 0 Å². The van der Waals surface area contributed by atoms with E-state index in [0.717, 1.165) is 26.3 Å². The zero-order chi connectivity index (χ0) is 16.1. The molecule has 0 heterocycles. The van der Waals surface area contributed by atoms with Crippen molar-refractivity contribution in [3.8, 4) is 0 Å². The number of nitrogens with zero attached hydrogens (tertiary/aromatic N) is 1. The minimum Gasteiger partial charge on any atom is -0.464 e. The van der Waals surface area contributed by atoms with Gasteiger partial charge in [-0.2, -0.15) is 0 Å². The van der Waals surface area contributed by atoms with E-state index in [-0.39, 0.29) is 6.54 Å². The summed E-state index contributed by atoms with van der Waals surface area (Å²) >= 11 is 10.2. The minimum absolute atomic E-state index is 0.158. The van der Waals surface area contributed by atoms with Crippen LogP contribution in [0.2, 0.25) is 5.02 Å². The summed E-state index contributed by atoms with van der Waals surface area (Å²) in [5.41, 5.74) is 1.20. The van der Waals surface area contributed by atoms with Crippen LogP contribution in [-0.4, -0.2) is 21.8 Å². The molecular weight excluding hydrogens is 390 g/mol. The van der Waals surface area contributed by atoms with E-state index in [1.54, 1.807) is 42.5 Å². The van der Waals surface area contributed by atoms with E-state index in [2.05, 4.69) is 15.9 Å². The second-order valence-corrected chi connectivity index (χ2v) is 6.76. The number of hydrogen-bond donors (Lipinski definition) is 1. The van der Waals surface area contributed by atoms with Crippen LogP contribution >= 0.6 is 39.5 Å². The Balaban J connectivity index is 2.24. The van der Waals surface area contributed by atoms with E-state index in [9.17, 15) is 14.7 Å². The molecule has 7 heteroatoms. The summed E-state index contributed by atoms with van der Waals surface area (Å²) in [5, 5.41) is 9.92. The highest BCUT2D eigenvalue weighted by molar-refractivity contribution is 9.10. The average molecular weight is 401 g/mol. The molecule has 0 aromatic heterocycles. The van der Waals surface area contributed by atoms with Gasteiger partial charge in [0.1, 0.15) is 0 Å². The zero-order valence-electron chi connectivity index (χ0n) is 11.2. The minimum atomic E-state index is -1.10. The first-order valence-corrected chi connectivity index (χ1v) is 8.11. The first kappa shape index (κ1) is 16.9. The average Bonchev–Trinajstić information content (AvgIpc) is 2.47. The quantitative estimate of drug-likeness (QED) is 0.560. The van der Waals surface area contributed by atoms with Crippen LogP contribution in [0, 0.1) is 0 Å². The topological polar surface area (TPSA) is 57.6 Å². The number of hydrogen-bond acceptors (Lipinski definition) is 3. The van der Waals surface area contributed by atoms with Gasteiger partial charge in [0.05, 0.1) is 6.54 Å². The molecule has 114 valence electrons. The fourth-order valence-electron chi connectivity index (χ4n) is 1.74. The van der Waals surface area contributed by atoms with Gasteiger partial charge in [0.2, 0.25) is 0 Å². The molecule has 22 heavy (non-hydrogen) atoms. The molecule has 2 aromatic rings. The van der Waals surface area contributed by atoms with Crippen molar-refractivity contribution in [3.63, 3.8) is 0 Å². The lowest BCUT2D eigenvalue weighted by molar-refractivity contribution is 0.112. The normalized spacial score (nSPS) is 10.3. The molecule has 1 N–H and O–H groups in total. The molecule has 0 spiro atoms. The fraction of sp³-hybridized carbons (Fsp3) is 0.0667. The SMILES string of the molecule is O=Cc1ccc(Br)cc1SN(Cc1cccc(Cl)c1)C(=O)O. The van der Waals surface area contributed by atoms with Gasteiger partial charge in [-0.25, -0.2) is 9.10 Å². The maximum Gasteiger partial charge on any atom is 0.418 e. The number of aldehydes is 1. The van der Waals surface area contributed by atoms with Crippen molar-refractivity contribution in [2.45, 2.75) is 11.4 Å². The molecule has 0 radical (unpaired) electrons. The fourth-order valence-corrected chi connectivity index (χ4v) is 3.40. The van der Waals surface area contributed by atoms with Crippen LogP contribution in [-0.2, 0) is 6.54 Å². The number of carbonyl (C=O) groups excluding carboxylic acids is 1. The smallest absolute Gasteiger partial charge is 0.418 e. The highest BCUT2D eigenvalue weighted by Gasteiger charge is 2.17. The third kappa shape index (κ3) is 4.50. The van der Waals surface area contributed by atoms with Gasteiger partial charge in [-0.05, 0) is 47.8 Å². The molecule has 0 atom stereocenters. The van der Waals surface area contributed by atoms with Crippen LogP contribution in [0.1, 0.15) is 15.9 Å². The molecule has 1 amide bonds. The van der Waals surface area contributed by atoms with Crippen molar-refractivity contribution in [2.24, 2.45) is 0 Å². The van der Waals surface area contributed by atoms with Gasteiger partial charge < -0.3 is 5.11 Å². The van der Waals surface area contributed by atoms with E-state index in [0.29, 0.717) is 21.8 Å². The van der Waals surface area contributed by atoms with E-state index in [4.69, 9.17) is 11.6 Å². The van der Waals surface area contributed by atoms with Crippen molar-refractivity contribution >= 4 is 51.9 Å². The first-order chi connectivity index (χ1) is 10.5. The van der Waals surface area contributed by atoms with Crippen LogP contribution in [0.15, 0.2) is 51.8 Å².